The first-order valence-electron chi connectivity index (χ1n) is 5.85. The maximum absolute atomic E-state index is 11.4. The van der Waals surface area contributed by atoms with Crippen LogP contribution in [0.25, 0.3) is 0 Å². The maximum atomic E-state index is 11.4. The first kappa shape index (κ1) is 16.2. The van der Waals surface area contributed by atoms with Gasteiger partial charge >= 0.3 is 12.0 Å². The minimum absolute atomic E-state index is 0.0985. The first-order chi connectivity index (χ1) is 8.38. The molecule has 0 bridgehead atoms. The zero-order valence-corrected chi connectivity index (χ0v) is 11.0. The standard InChI is InChI=1S/C11H21N3O4/c1-4-5-8(10(16)17)13-11(18)12-7-6-9(15)14(2)3/h8H,4-7H2,1-3H3,(H,16,17)(H2,12,13,18). The molecule has 0 saturated carbocycles. The fourth-order valence-corrected chi connectivity index (χ4v) is 1.26. The van der Waals surface area contributed by atoms with Gasteiger partial charge < -0.3 is 20.6 Å². The Labute approximate surface area is 107 Å². The number of carbonyl (C=O) groups excluding carboxylic acids is 2. The zero-order chi connectivity index (χ0) is 14.1. The van der Waals surface area contributed by atoms with Crippen LogP contribution in [0.3, 0.4) is 0 Å². The molecule has 0 aromatic carbocycles. The molecule has 0 rings (SSSR count). The van der Waals surface area contributed by atoms with Crippen LogP contribution >= 0.6 is 0 Å². The second-order valence-electron chi connectivity index (χ2n) is 4.12. The Morgan fingerprint density at radius 1 is 1.28 bits per heavy atom. The van der Waals surface area contributed by atoms with Crippen LogP contribution in [0.4, 0.5) is 4.79 Å². The quantitative estimate of drug-likeness (QED) is 0.600. The highest BCUT2D eigenvalue weighted by Gasteiger charge is 2.18. The van der Waals surface area contributed by atoms with Crippen molar-refractivity contribution in [1.82, 2.24) is 15.5 Å². The third-order valence-electron chi connectivity index (χ3n) is 2.30. The number of nitrogens with zero attached hydrogens (tertiary/aromatic N) is 1. The molecule has 3 amide bonds. The number of carboxylic acid groups (broad SMARTS) is 1. The number of rotatable bonds is 7. The molecule has 3 N–H and O–H groups in total. The van der Waals surface area contributed by atoms with Crippen LogP contribution < -0.4 is 10.6 Å². The minimum atomic E-state index is -1.06. The lowest BCUT2D eigenvalue weighted by atomic mass is 10.2. The number of hydrogen-bond acceptors (Lipinski definition) is 3. The van der Waals surface area contributed by atoms with E-state index in [4.69, 9.17) is 5.11 Å². The highest BCUT2D eigenvalue weighted by atomic mass is 16.4. The number of carbonyl (C=O) groups is 3. The van der Waals surface area contributed by atoms with Gasteiger partial charge in [-0.1, -0.05) is 13.3 Å². The predicted molar refractivity (Wildman–Crippen MR) is 66.2 cm³/mol. The van der Waals surface area contributed by atoms with Crippen LogP contribution in [-0.2, 0) is 9.59 Å². The Morgan fingerprint density at radius 2 is 1.89 bits per heavy atom. The molecule has 0 aliphatic heterocycles. The van der Waals surface area contributed by atoms with Crippen LogP contribution in [0.1, 0.15) is 26.2 Å². The van der Waals surface area contributed by atoms with E-state index in [-0.39, 0.29) is 18.9 Å². The fourth-order valence-electron chi connectivity index (χ4n) is 1.26. The smallest absolute Gasteiger partial charge is 0.326 e. The van der Waals surface area contributed by atoms with Gasteiger partial charge in [-0.2, -0.15) is 0 Å². The van der Waals surface area contributed by atoms with Crippen molar-refractivity contribution < 1.29 is 19.5 Å². The SMILES string of the molecule is CCCC(NC(=O)NCCC(=O)N(C)C)C(=O)O. The van der Waals surface area contributed by atoms with Crippen molar-refractivity contribution in [2.24, 2.45) is 0 Å². The van der Waals surface area contributed by atoms with Crippen LogP contribution in [0, 0.1) is 0 Å². The molecule has 0 aliphatic rings. The normalized spacial score (nSPS) is 11.5. The molecule has 0 radical (unpaired) electrons. The summed E-state index contributed by atoms with van der Waals surface area (Å²) in [5.74, 6) is -1.16. The molecule has 7 nitrogen and oxygen atoms in total. The summed E-state index contributed by atoms with van der Waals surface area (Å²) in [6.45, 7) is 2.02. The van der Waals surface area contributed by atoms with Crippen molar-refractivity contribution in [3.63, 3.8) is 0 Å². The molecule has 0 spiro atoms. The van der Waals surface area contributed by atoms with E-state index in [0.717, 1.165) is 0 Å². The Morgan fingerprint density at radius 3 is 2.33 bits per heavy atom. The molecule has 1 atom stereocenters. The van der Waals surface area contributed by atoms with Gasteiger partial charge in [0.1, 0.15) is 6.04 Å². The molecule has 0 aromatic rings. The van der Waals surface area contributed by atoms with Crippen molar-refractivity contribution in [3.05, 3.63) is 0 Å². The maximum Gasteiger partial charge on any atom is 0.326 e. The van der Waals surface area contributed by atoms with Gasteiger partial charge in [0, 0.05) is 27.1 Å². The van der Waals surface area contributed by atoms with E-state index in [9.17, 15) is 14.4 Å². The highest BCUT2D eigenvalue weighted by molar-refractivity contribution is 5.83. The molecule has 104 valence electrons. The van der Waals surface area contributed by atoms with Gasteiger partial charge in [-0.05, 0) is 6.42 Å². The van der Waals surface area contributed by atoms with Crippen LogP contribution in [-0.4, -0.2) is 54.6 Å². The number of carboxylic acids is 1. The van der Waals surface area contributed by atoms with Crippen molar-refractivity contribution in [1.29, 1.82) is 0 Å². The van der Waals surface area contributed by atoms with Crippen LogP contribution in [0.2, 0.25) is 0 Å². The Balaban J connectivity index is 3.95. The lowest BCUT2D eigenvalue weighted by Crippen LogP contribution is -2.46. The number of amides is 3. The van der Waals surface area contributed by atoms with Gasteiger partial charge in [0.25, 0.3) is 0 Å². The first-order valence-corrected chi connectivity index (χ1v) is 5.85. The molecule has 0 aromatic heterocycles. The van der Waals surface area contributed by atoms with Gasteiger partial charge in [-0.25, -0.2) is 9.59 Å². The minimum Gasteiger partial charge on any atom is -0.480 e. The van der Waals surface area contributed by atoms with Crippen molar-refractivity contribution in [3.8, 4) is 0 Å². The fraction of sp³-hybridized carbons (Fsp3) is 0.727. The summed E-state index contributed by atoms with van der Waals surface area (Å²) < 4.78 is 0. The van der Waals surface area contributed by atoms with Gasteiger partial charge in [-0.3, -0.25) is 4.79 Å². The molecule has 0 aliphatic carbocycles. The summed E-state index contributed by atoms with van der Waals surface area (Å²) >= 11 is 0. The Bertz CT molecular complexity index is 305. The lowest BCUT2D eigenvalue weighted by molar-refractivity contribution is -0.139. The number of hydrogen-bond donors (Lipinski definition) is 3. The predicted octanol–water partition coefficient (Wildman–Crippen LogP) is 0.0172. The zero-order valence-electron chi connectivity index (χ0n) is 11.0. The second-order valence-corrected chi connectivity index (χ2v) is 4.12. The summed E-state index contributed by atoms with van der Waals surface area (Å²) in [5, 5.41) is 13.6. The Hall–Kier alpha value is -1.79. The number of aliphatic carboxylic acids is 1. The third-order valence-corrected chi connectivity index (χ3v) is 2.30. The number of nitrogens with one attached hydrogen (secondary N) is 2. The second kappa shape index (κ2) is 8.32. The van der Waals surface area contributed by atoms with Crippen molar-refractivity contribution in [2.75, 3.05) is 20.6 Å². The van der Waals surface area contributed by atoms with E-state index in [0.29, 0.717) is 12.8 Å². The van der Waals surface area contributed by atoms with Crippen molar-refractivity contribution in [2.45, 2.75) is 32.2 Å². The van der Waals surface area contributed by atoms with Gasteiger partial charge in [0.2, 0.25) is 5.91 Å². The van der Waals surface area contributed by atoms with Crippen molar-refractivity contribution >= 4 is 17.9 Å². The summed E-state index contributed by atoms with van der Waals surface area (Å²) in [6.07, 6.45) is 1.22. The summed E-state index contributed by atoms with van der Waals surface area (Å²) in [7, 11) is 3.26. The molecular weight excluding hydrogens is 238 g/mol. The average Bonchev–Trinajstić information content (AvgIpc) is 2.27. The van der Waals surface area contributed by atoms with Gasteiger partial charge in [0.05, 0.1) is 0 Å². The molecule has 0 heterocycles. The molecule has 1 unspecified atom stereocenters. The monoisotopic (exact) mass is 259 g/mol. The third kappa shape index (κ3) is 6.72. The van der Waals surface area contributed by atoms with Gasteiger partial charge in [-0.15, -0.1) is 0 Å². The van der Waals surface area contributed by atoms with Crippen LogP contribution in [0.15, 0.2) is 0 Å². The van der Waals surface area contributed by atoms with E-state index < -0.39 is 18.0 Å². The Kier molecular flexibility index (Phi) is 7.50. The number of urea groups is 1. The molecule has 7 heteroatoms. The molecule has 0 fully saturated rings. The summed E-state index contributed by atoms with van der Waals surface area (Å²) in [6, 6.07) is -1.46. The van der Waals surface area contributed by atoms with E-state index in [2.05, 4.69) is 10.6 Å². The topological polar surface area (TPSA) is 98.7 Å². The van der Waals surface area contributed by atoms with E-state index >= 15 is 0 Å². The largest absolute Gasteiger partial charge is 0.480 e. The molecular formula is C11H21N3O4. The van der Waals surface area contributed by atoms with Gasteiger partial charge in [0.15, 0.2) is 0 Å². The van der Waals surface area contributed by atoms with E-state index in [1.165, 1.54) is 4.90 Å². The lowest BCUT2D eigenvalue weighted by Gasteiger charge is -2.15. The molecule has 18 heavy (non-hydrogen) atoms. The van der Waals surface area contributed by atoms with E-state index in [1.54, 1.807) is 14.1 Å². The molecule has 0 saturated heterocycles. The summed E-state index contributed by atoms with van der Waals surface area (Å²) in [4.78, 5) is 34.8. The average molecular weight is 259 g/mol. The van der Waals surface area contributed by atoms with Crippen LogP contribution in [0.5, 0.6) is 0 Å². The van der Waals surface area contributed by atoms with E-state index in [1.807, 2.05) is 6.92 Å². The summed E-state index contributed by atoms with van der Waals surface area (Å²) in [5.41, 5.74) is 0. The highest BCUT2D eigenvalue weighted by Crippen LogP contribution is 1.96.